The van der Waals surface area contributed by atoms with Gasteiger partial charge in [-0.25, -0.2) is 0 Å². The molecule has 2 heterocycles. The van der Waals surface area contributed by atoms with Crippen LogP contribution < -0.4 is 10.1 Å². The molecule has 0 radical (unpaired) electrons. The Kier molecular flexibility index (Phi) is 5.97. The van der Waals surface area contributed by atoms with Gasteiger partial charge in [-0.2, -0.15) is 0 Å². The summed E-state index contributed by atoms with van der Waals surface area (Å²) in [4.78, 5) is 2.36. The molecule has 1 aliphatic rings. The van der Waals surface area contributed by atoms with E-state index in [0.717, 1.165) is 29.5 Å². The summed E-state index contributed by atoms with van der Waals surface area (Å²) in [7, 11) is 2.11. The third kappa shape index (κ3) is 4.34. The molecule has 0 aliphatic carbocycles. The molecule has 0 unspecified atom stereocenters. The molecule has 1 saturated heterocycles. The van der Waals surface area contributed by atoms with E-state index in [1.807, 2.05) is 31.2 Å². The van der Waals surface area contributed by atoms with Crippen LogP contribution in [0.1, 0.15) is 44.3 Å². The monoisotopic (exact) mass is 357 g/mol. The number of likely N-dealkylation sites (tertiary alicyclic amines) is 1. The first-order chi connectivity index (χ1) is 12.2. The Balaban J connectivity index is 1.74. The van der Waals surface area contributed by atoms with Crippen LogP contribution in [0.3, 0.4) is 0 Å². The molecule has 3 rings (SSSR count). The van der Waals surface area contributed by atoms with Gasteiger partial charge in [0, 0.05) is 31.2 Å². The molecule has 1 N–H and O–H groups in total. The van der Waals surface area contributed by atoms with E-state index in [1.54, 1.807) is 0 Å². The van der Waals surface area contributed by atoms with Crippen molar-refractivity contribution in [2.45, 2.75) is 38.6 Å². The standard InChI is InChI=1S/C20H27N3OS/c1-3-24-17-12-10-16(11-13-17)21-20(25)23-15-6-4-5-8-19(23)18-9-7-14-22(18)2/h7,9-14,19H,3-6,8,15H2,1-2H3,(H,21,25)/t19-/m0/s1. The minimum absolute atomic E-state index is 0.338. The Hall–Kier alpha value is -2.01. The Bertz CT molecular complexity index is 695. The largest absolute Gasteiger partial charge is 0.494 e. The van der Waals surface area contributed by atoms with Gasteiger partial charge in [-0.1, -0.05) is 12.8 Å². The predicted molar refractivity (Wildman–Crippen MR) is 107 cm³/mol. The van der Waals surface area contributed by atoms with Crippen molar-refractivity contribution < 1.29 is 4.74 Å². The Morgan fingerprint density at radius 1 is 1.20 bits per heavy atom. The summed E-state index contributed by atoms with van der Waals surface area (Å²) in [6.45, 7) is 3.67. The molecule has 0 saturated carbocycles. The second-order valence-corrected chi connectivity index (χ2v) is 6.88. The maximum absolute atomic E-state index is 5.77. The van der Waals surface area contributed by atoms with Crippen LogP contribution in [0.4, 0.5) is 5.69 Å². The molecule has 1 fully saturated rings. The fraction of sp³-hybridized carbons (Fsp3) is 0.450. The van der Waals surface area contributed by atoms with E-state index < -0.39 is 0 Å². The van der Waals surface area contributed by atoms with Gasteiger partial charge in [-0.05, 0) is 68.4 Å². The first-order valence-electron chi connectivity index (χ1n) is 9.10. The third-order valence-corrected chi connectivity index (χ3v) is 5.09. The van der Waals surface area contributed by atoms with Crippen molar-refractivity contribution >= 4 is 23.0 Å². The molecule has 25 heavy (non-hydrogen) atoms. The second-order valence-electron chi connectivity index (χ2n) is 6.49. The number of nitrogens with zero attached hydrogens (tertiary/aromatic N) is 2. The number of hydrogen-bond donors (Lipinski definition) is 1. The van der Waals surface area contributed by atoms with Gasteiger partial charge in [0.2, 0.25) is 0 Å². The normalized spacial score (nSPS) is 17.8. The maximum atomic E-state index is 5.77. The van der Waals surface area contributed by atoms with Gasteiger partial charge >= 0.3 is 0 Å². The number of hydrogen-bond acceptors (Lipinski definition) is 2. The van der Waals surface area contributed by atoms with E-state index in [4.69, 9.17) is 17.0 Å². The quantitative estimate of drug-likeness (QED) is 0.801. The van der Waals surface area contributed by atoms with Gasteiger partial charge in [0.15, 0.2) is 5.11 Å². The van der Waals surface area contributed by atoms with Gasteiger partial charge in [0.05, 0.1) is 12.6 Å². The Morgan fingerprint density at radius 2 is 2.00 bits per heavy atom. The van der Waals surface area contributed by atoms with Crippen LogP contribution in [0.2, 0.25) is 0 Å². The molecule has 2 aromatic rings. The van der Waals surface area contributed by atoms with Gasteiger partial charge in [-0.3, -0.25) is 0 Å². The van der Waals surface area contributed by atoms with Crippen molar-refractivity contribution in [1.29, 1.82) is 0 Å². The molecule has 0 spiro atoms. The smallest absolute Gasteiger partial charge is 0.173 e. The fourth-order valence-corrected chi connectivity index (χ4v) is 3.81. The summed E-state index contributed by atoms with van der Waals surface area (Å²) in [6.07, 6.45) is 6.96. The highest BCUT2D eigenvalue weighted by molar-refractivity contribution is 7.80. The first kappa shape index (κ1) is 17.8. The van der Waals surface area contributed by atoms with Crippen molar-refractivity contribution in [2.75, 3.05) is 18.5 Å². The molecule has 0 bridgehead atoms. The highest BCUT2D eigenvalue weighted by Gasteiger charge is 2.26. The number of nitrogens with one attached hydrogen (secondary N) is 1. The van der Waals surface area contributed by atoms with Crippen molar-refractivity contribution in [3.05, 3.63) is 48.3 Å². The van der Waals surface area contributed by atoms with Crippen LogP contribution in [0.5, 0.6) is 5.75 Å². The van der Waals surface area contributed by atoms with Gasteiger partial charge in [0.1, 0.15) is 5.75 Å². The zero-order valence-corrected chi connectivity index (χ0v) is 15.9. The molecular formula is C20H27N3OS. The van der Waals surface area contributed by atoms with Crippen LogP contribution in [0, 0.1) is 0 Å². The minimum Gasteiger partial charge on any atom is -0.494 e. The average Bonchev–Trinajstić information content (AvgIpc) is 2.89. The highest BCUT2D eigenvalue weighted by atomic mass is 32.1. The van der Waals surface area contributed by atoms with Crippen LogP contribution in [-0.2, 0) is 7.05 Å². The molecule has 1 aliphatic heterocycles. The summed E-state index contributed by atoms with van der Waals surface area (Å²) >= 11 is 5.77. The van der Waals surface area contributed by atoms with E-state index in [9.17, 15) is 0 Å². The van der Waals surface area contributed by atoms with Crippen molar-refractivity contribution in [1.82, 2.24) is 9.47 Å². The highest BCUT2D eigenvalue weighted by Crippen LogP contribution is 2.31. The molecular weight excluding hydrogens is 330 g/mol. The van der Waals surface area contributed by atoms with Crippen LogP contribution >= 0.6 is 12.2 Å². The lowest BCUT2D eigenvalue weighted by molar-refractivity contribution is 0.315. The zero-order chi connectivity index (χ0) is 17.6. The molecule has 4 nitrogen and oxygen atoms in total. The SMILES string of the molecule is CCOc1ccc(NC(=S)N2CCCCC[C@H]2c2cccn2C)cc1. The molecule has 0 amide bonds. The number of thiocarbonyl (C=S) groups is 1. The molecule has 134 valence electrons. The first-order valence-corrected chi connectivity index (χ1v) is 9.51. The average molecular weight is 358 g/mol. The summed E-state index contributed by atoms with van der Waals surface area (Å²) in [6, 6.07) is 12.7. The number of ether oxygens (including phenoxy) is 1. The van der Waals surface area contributed by atoms with E-state index in [1.165, 1.54) is 25.0 Å². The molecule has 1 aromatic heterocycles. The number of aryl methyl sites for hydroxylation is 1. The lowest BCUT2D eigenvalue weighted by atomic mass is 10.1. The van der Waals surface area contributed by atoms with Crippen LogP contribution in [0.15, 0.2) is 42.6 Å². The topological polar surface area (TPSA) is 29.4 Å². The maximum Gasteiger partial charge on any atom is 0.173 e. The number of aromatic nitrogens is 1. The summed E-state index contributed by atoms with van der Waals surface area (Å²) < 4.78 is 7.71. The van der Waals surface area contributed by atoms with Gasteiger partial charge in [0.25, 0.3) is 0 Å². The van der Waals surface area contributed by atoms with Crippen LogP contribution in [-0.4, -0.2) is 27.7 Å². The molecule has 1 aromatic carbocycles. The summed E-state index contributed by atoms with van der Waals surface area (Å²) in [5.41, 5.74) is 2.33. The van der Waals surface area contributed by atoms with E-state index in [0.29, 0.717) is 12.6 Å². The predicted octanol–water partition coefficient (Wildman–Crippen LogP) is 4.74. The molecule has 5 heteroatoms. The van der Waals surface area contributed by atoms with E-state index >= 15 is 0 Å². The molecule has 1 atom stereocenters. The summed E-state index contributed by atoms with van der Waals surface area (Å²) in [5, 5.41) is 4.22. The lowest BCUT2D eigenvalue weighted by Gasteiger charge is -2.33. The van der Waals surface area contributed by atoms with Gasteiger partial charge < -0.3 is 19.5 Å². The summed E-state index contributed by atoms with van der Waals surface area (Å²) in [5.74, 6) is 0.885. The van der Waals surface area contributed by atoms with Crippen molar-refractivity contribution in [2.24, 2.45) is 7.05 Å². The minimum atomic E-state index is 0.338. The van der Waals surface area contributed by atoms with Crippen molar-refractivity contribution in [3.8, 4) is 5.75 Å². The lowest BCUT2D eigenvalue weighted by Crippen LogP contribution is -2.38. The Morgan fingerprint density at radius 3 is 2.68 bits per heavy atom. The number of rotatable bonds is 4. The van der Waals surface area contributed by atoms with E-state index in [-0.39, 0.29) is 0 Å². The van der Waals surface area contributed by atoms with Crippen molar-refractivity contribution in [3.63, 3.8) is 0 Å². The Labute approximate surface area is 155 Å². The number of benzene rings is 1. The van der Waals surface area contributed by atoms with E-state index in [2.05, 4.69) is 40.2 Å². The number of anilines is 1. The van der Waals surface area contributed by atoms with Crippen LogP contribution in [0.25, 0.3) is 0 Å². The zero-order valence-electron chi connectivity index (χ0n) is 15.1. The van der Waals surface area contributed by atoms with Gasteiger partial charge in [-0.15, -0.1) is 0 Å². The third-order valence-electron chi connectivity index (χ3n) is 4.76. The second kappa shape index (κ2) is 8.39. The fourth-order valence-electron chi connectivity index (χ4n) is 3.48.